The molecule has 0 aliphatic carbocycles. The first-order valence-electron chi connectivity index (χ1n) is 5.96. The Bertz CT molecular complexity index is 663. The highest BCUT2D eigenvalue weighted by Gasteiger charge is 2.08. The molecule has 102 valence electrons. The smallest absolute Gasteiger partial charge is 0.189 e. The molecular formula is C16H13ClO3. The zero-order valence-electron chi connectivity index (χ0n) is 10.8. The van der Waals surface area contributed by atoms with Crippen molar-refractivity contribution >= 4 is 23.5 Å². The Morgan fingerprint density at radius 2 is 2.00 bits per heavy atom. The molecule has 0 spiro atoms. The van der Waals surface area contributed by atoms with Crippen LogP contribution in [-0.2, 0) is 0 Å². The number of carbonyl (C=O) groups excluding carboxylic acids is 1. The van der Waals surface area contributed by atoms with Crippen molar-refractivity contribution in [1.29, 1.82) is 0 Å². The van der Waals surface area contributed by atoms with Crippen molar-refractivity contribution < 1.29 is 14.6 Å². The van der Waals surface area contributed by atoms with E-state index in [0.717, 1.165) is 0 Å². The molecule has 0 fully saturated rings. The lowest BCUT2D eigenvalue weighted by molar-refractivity contribution is 0.104. The molecule has 0 unspecified atom stereocenters. The molecule has 1 N–H and O–H groups in total. The van der Waals surface area contributed by atoms with Gasteiger partial charge in [-0.3, -0.25) is 4.79 Å². The predicted molar refractivity (Wildman–Crippen MR) is 79.5 cm³/mol. The quantitative estimate of drug-likeness (QED) is 0.684. The summed E-state index contributed by atoms with van der Waals surface area (Å²) in [6, 6.07) is 11.6. The molecule has 0 aromatic heterocycles. The van der Waals surface area contributed by atoms with Gasteiger partial charge < -0.3 is 9.84 Å². The van der Waals surface area contributed by atoms with E-state index >= 15 is 0 Å². The highest BCUT2D eigenvalue weighted by Crippen LogP contribution is 2.24. The van der Waals surface area contributed by atoms with E-state index in [1.807, 2.05) is 0 Å². The molecule has 2 rings (SSSR count). The molecule has 0 aliphatic heterocycles. The van der Waals surface area contributed by atoms with E-state index in [2.05, 4.69) is 0 Å². The highest BCUT2D eigenvalue weighted by atomic mass is 35.5. The van der Waals surface area contributed by atoms with Gasteiger partial charge in [0.15, 0.2) is 5.78 Å². The van der Waals surface area contributed by atoms with Gasteiger partial charge in [0.1, 0.15) is 11.5 Å². The van der Waals surface area contributed by atoms with Crippen molar-refractivity contribution in [3.63, 3.8) is 0 Å². The first-order valence-corrected chi connectivity index (χ1v) is 6.33. The number of carbonyl (C=O) groups is 1. The molecule has 0 aliphatic rings. The first-order chi connectivity index (χ1) is 9.61. The van der Waals surface area contributed by atoms with Gasteiger partial charge in [0.05, 0.1) is 12.7 Å². The minimum Gasteiger partial charge on any atom is -0.507 e. The summed E-state index contributed by atoms with van der Waals surface area (Å²) in [7, 11) is 1.51. The summed E-state index contributed by atoms with van der Waals surface area (Å²) < 4.78 is 5.14. The van der Waals surface area contributed by atoms with Gasteiger partial charge in [0, 0.05) is 10.6 Å². The number of para-hydroxylation sites is 1. The fourth-order valence-corrected chi connectivity index (χ4v) is 1.94. The van der Waals surface area contributed by atoms with Crippen molar-refractivity contribution in [2.75, 3.05) is 7.11 Å². The van der Waals surface area contributed by atoms with Gasteiger partial charge in [-0.05, 0) is 42.5 Å². The van der Waals surface area contributed by atoms with E-state index in [1.54, 1.807) is 36.4 Å². The minimum absolute atomic E-state index is 0.0680. The van der Waals surface area contributed by atoms with Crippen LogP contribution >= 0.6 is 11.6 Å². The van der Waals surface area contributed by atoms with Gasteiger partial charge in [0.25, 0.3) is 0 Å². The Kier molecular flexibility index (Phi) is 4.43. The van der Waals surface area contributed by atoms with E-state index in [9.17, 15) is 9.90 Å². The van der Waals surface area contributed by atoms with E-state index in [4.69, 9.17) is 16.3 Å². The number of rotatable bonds is 4. The number of allylic oxidation sites excluding steroid dienone is 1. The molecule has 0 heterocycles. The van der Waals surface area contributed by atoms with E-state index in [0.29, 0.717) is 21.9 Å². The van der Waals surface area contributed by atoms with Crippen LogP contribution in [0, 0.1) is 0 Å². The minimum atomic E-state index is -0.207. The summed E-state index contributed by atoms with van der Waals surface area (Å²) in [4.78, 5) is 12.1. The van der Waals surface area contributed by atoms with Gasteiger partial charge in [-0.15, -0.1) is 0 Å². The van der Waals surface area contributed by atoms with Crippen molar-refractivity contribution in [3.8, 4) is 11.5 Å². The summed E-state index contributed by atoms with van der Waals surface area (Å²) in [5.41, 5.74) is 0.952. The molecule has 0 radical (unpaired) electrons. The summed E-state index contributed by atoms with van der Waals surface area (Å²) in [5.74, 6) is 0.373. The second kappa shape index (κ2) is 6.26. The zero-order valence-corrected chi connectivity index (χ0v) is 11.6. The normalized spacial score (nSPS) is 10.7. The summed E-state index contributed by atoms with van der Waals surface area (Å²) in [6.07, 6.45) is 2.90. The molecule has 2 aromatic rings. The molecular weight excluding hydrogens is 276 g/mol. The number of benzene rings is 2. The third-order valence-electron chi connectivity index (χ3n) is 2.78. The number of aromatic hydroxyl groups is 1. The van der Waals surface area contributed by atoms with Gasteiger partial charge in [-0.2, -0.15) is 0 Å². The lowest BCUT2D eigenvalue weighted by Crippen LogP contribution is -1.98. The van der Waals surface area contributed by atoms with Crippen molar-refractivity contribution in [2.45, 2.75) is 0 Å². The second-order valence-electron chi connectivity index (χ2n) is 4.10. The fraction of sp³-hybridized carbons (Fsp3) is 0.0625. The number of phenols is 1. The number of hydrogen-bond acceptors (Lipinski definition) is 3. The Morgan fingerprint density at radius 1 is 1.25 bits per heavy atom. The average molecular weight is 289 g/mol. The third-order valence-corrected chi connectivity index (χ3v) is 3.01. The monoisotopic (exact) mass is 288 g/mol. The van der Waals surface area contributed by atoms with Crippen molar-refractivity contribution in [1.82, 2.24) is 0 Å². The maximum atomic E-state index is 12.1. The molecule has 20 heavy (non-hydrogen) atoms. The molecule has 0 amide bonds. The Hall–Kier alpha value is -2.26. The lowest BCUT2D eigenvalue weighted by Gasteiger charge is -2.04. The molecule has 0 bridgehead atoms. The Balaban J connectivity index is 2.27. The zero-order chi connectivity index (χ0) is 14.5. The van der Waals surface area contributed by atoms with Crippen LogP contribution in [0.5, 0.6) is 11.5 Å². The van der Waals surface area contributed by atoms with E-state index in [-0.39, 0.29) is 11.5 Å². The maximum Gasteiger partial charge on any atom is 0.189 e. The van der Waals surface area contributed by atoms with Crippen molar-refractivity contribution in [2.24, 2.45) is 0 Å². The van der Waals surface area contributed by atoms with Crippen LogP contribution in [0.2, 0.25) is 5.02 Å². The van der Waals surface area contributed by atoms with Crippen LogP contribution < -0.4 is 4.74 Å². The van der Waals surface area contributed by atoms with E-state index < -0.39 is 0 Å². The summed E-state index contributed by atoms with van der Waals surface area (Å²) >= 11 is 5.85. The molecule has 3 nitrogen and oxygen atoms in total. The van der Waals surface area contributed by atoms with Gasteiger partial charge in [-0.25, -0.2) is 0 Å². The molecule has 0 saturated carbocycles. The molecule has 2 aromatic carbocycles. The lowest BCUT2D eigenvalue weighted by atomic mass is 10.1. The standard InChI is InChI=1S/C16H13ClO3/c1-20-16-5-3-2-4-13(16)15(19)8-6-11-10-12(17)7-9-14(11)18/h2-10,18H,1H3/b8-6+. The highest BCUT2D eigenvalue weighted by molar-refractivity contribution is 6.30. The van der Waals surface area contributed by atoms with E-state index in [1.165, 1.54) is 25.3 Å². The predicted octanol–water partition coefficient (Wildman–Crippen LogP) is 3.95. The van der Waals surface area contributed by atoms with Crippen LogP contribution in [0.4, 0.5) is 0 Å². The second-order valence-corrected chi connectivity index (χ2v) is 4.54. The number of ether oxygens (including phenoxy) is 1. The third kappa shape index (κ3) is 3.19. The van der Waals surface area contributed by atoms with Crippen molar-refractivity contribution in [3.05, 3.63) is 64.7 Å². The largest absolute Gasteiger partial charge is 0.507 e. The SMILES string of the molecule is COc1ccccc1C(=O)/C=C/c1cc(Cl)ccc1O. The fourth-order valence-electron chi connectivity index (χ4n) is 1.76. The maximum absolute atomic E-state index is 12.1. The number of halogens is 1. The topological polar surface area (TPSA) is 46.5 Å². The average Bonchev–Trinajstić information content (AvgIpc) is 2.47. The summed E-state index contributed by atoms with van der Waals surface area (Å²) in [5, 5.41) is 10.2. The molecule has 0 atom stereocenters. The summed E-state index contributed by atoms with van der Waals surface area (Å²) in [6.45, 7) is 0. The number of methoxy groups -OCH3 is 1. The van der Waals surface area contributed by atoms with Gasteiger partial charge in [-0.1, -0.05) is 23.7 Å². The Morgan fingerprint density at radius 3 is 2.75 bits per heavy atom. The van der Waals surface area contributed by atoms with Gasteiger partial charge in [0.2, 0.25) is 0 Å². The van der Waals surface area contributed by atoms with Gasteiger partial charge >= 0.3 is 0 Å². The number of phenolic OH excluding ortho intramolecular Hbond substituents is 1. The number of ketones is 1. The van der Waals surface area contributed by atoms with Crippen LogP contribution in [0.1, 0.15) is 15.9 Å². The molecule has 0 saturated heterocycles. The van der Waals surface area contributed by atoms with Crippen LogP contribution in [0.25, 0.3) is 6.08 Å². The van der Waals surface area contributed by atoms with Crippen LogP contribution in [-0.4, -0.2) is 18.0 Å². The number of hydrogen-bond donors (Lipinski definition) is 1. The van der Waals surface area contributed by atoms with Crippen LogP contribution in [0.3, 0.4) is 0 Å². The Labute approximate surface area is 122 Å². The first kappa shape index (κ1) is 14.2. The van der Waals surface area contributed by atoms with Crippen LogP contribution in [0.15, 0.2) is 48.5 Å². The molecule has 4 heteroatoms.